The van der Waals surface area contributed by atoms with Crippen molar-refractivity contribution in [2.45, 2.75) is 6.92 Å². The fourth-order valence-corrected chi connectivity index (χ4v) is 3.23. The number of hydrogen-bond acceptors (Lipinski definition) is 6. The number of piperazine rings is 1. The van der Waals surface area contributed by atoms with Crippen molar-refractivity contribution < 1.29 is 8.42 Å². The lowest BCUT2D eigenvalue weighted by atomic mass is 10.3. The van der Waals surface area contributed by atoms with Crippen molar-refractivity contribution in [3.8, 4) is 0 Å². The maximum Gasteiger partial charge on any atom is 0.281 e. The molecule has 21 heavy (non-hydrogen) atoms. The first-order chi connectivity index (χ1) is 9.95. The number of aromatic nitrogens is 2. The molecule has 0 amide bonds. The lowest BCUT2D eigenvalue weighted by Crippen LogP contribution is -2.51. The quantitative estimate of drug-likeness (QED) is 0.813. The number of nitrogens with one attached hydrogen (secondary N) is 1. The molecule has 1 saturated heterocycles. The average Bonchev–Trinajstić information content (AvgIpc) is 2.48. The molecule has 118 valence electrons. The Morgan fingerprint density at radius 1 is 1.19 bits per heavy atom. The highest BCUT2D eigenvalue weighted by Gasteiger charge is 2.28. The number of anilines is 2. The zero-order valence-electron chi connectivity index (χ0n) is 12.7. The Labute approximate surface area is 125 Å². The number of rotatable bonds is 5. The van der Waals surface area contributed by atoms with Gasteiger partial charge in [0.1, 0.15) is 5.82 Å². The van der Waals surface area contributed by atoms with Crippen LogP contribution in [0.5, 0.6) is 0 Å². The summed E-state index contributed by atoms with van der Waals surface area (Å²) in [7, 11) is -0.229. The molecule has 1 aromatic rings. The predicted molar refractivity (Wildman–Crippen MR) is 82.6 cm³/mol. The van der Waals surface area contributed by atoms with Gasteiger partial charge in [0.2, 0.25) is 0 Å². The van der Waals surface area contributed by atoms with Gasteiger partial charge in [0, 0.05) is 46.8 Å². The summed E-state index contributed by atoms with van der Waals surface area (Å²) in [5.74, 6) is 1.52. The van der Waals surface area contributed by atoms with Crippen LogP contribution in [0.3, 0.4) is 0 Å². The van der Waals surface area contributed by atoms with Crippen molar-refractivity contribution >= 4 is 21.8 Å². The first-order valence-corrected chi connectivity index (χ1v) is 8.35. The molecule has 0 radical (unpaired) electrons. The summed E-state index contributed by atoms with van der Waals surface area (Å²) in [6.45, 7) is 4.94. The molecule has 0 aromatic carbocycles. The summed E-state index contributed by atoms with van der Waals surface area (Å²) in [6, 6.07) is 3.79. The van der Waals surface area contributed by atoms with E-state index in [1.807, 2.05) is 24.0 Å². The van der Waals surface area contributed by atoms with E-state index in [1.165, 1.54) is 8.61 Å². The maximum absolute atomic E-state index is 12.0. The SMILES string of the molecule is CCNc1ccc(N2CCN(S(=O)(=O)N(C)C)CC2)nn1. The molecule has 0 atom stereocenters. The second-order valence-electron chi connectivity index (χ2n) is 4.98. The van der Waals surface area contributed by atoms with E-state index in [9.17, 15) is 8.42 Å². The molecule has 1 aromatic heterocycles. The van der Waals surface area contributed by atoms with Crippen LogP contribution in [0, 0.1) is 0 Å². The first kappa shape index (κ1) is 15.9. The van der Waals surface area contributed by atoms with Crippen LogP contribution >= 0.6 is 0 Å². The van der Waals surface area contributed by atoms with Crippen LogP contribution in [0.25, 0.3) is 0 Å². The van der Waals surface area contributed by atoms with Gasteiger partial charge in [-0.2, -0.15) is 17.0 Å². The van der Waals surface area contributed by atoms with E-state index in [2.05, 4.69) is 15.5 Å². The Kier molecular flexibility index (Phi) is 4.96. The third-order valence-corrected chi connectivity index (χ3v) is 5.30. The maximum atomic E-state index is 12.0. The minimum absolute atomic E-state index is 0.456. The fourth-order valence-electron chi connectivity index (χ4n) is 2.15. The van der Waals surface area contributed by atoms with Gasteiger partial charge in [0.25, 0.3) is 10.2 Å². The van der Waals surface area contributed by atoms with E-state index < -0.39 is 10.2 Å². The monoisotopic (exact) mass is 314 g/mol. The van der Waals surface area contributed by atoms with Crippen molar-refractivity contribution in [3.63, 3.8) is 0 Å². The average molecular weight is 314 g/mol. The van der Waals surface area contributed by atoms with Gasteiger partial charge in [0.15, 0.2) is 5.82 Å². The molecule has 0 bridgehead atoms. The zero-order chi connectivity index (χ0) is 15.5. The standard InChI is InChI=1S/C12H22N6O2S/c1-4-13-11-5-6-12(15-14-11)17-7-9-18(10-8-17)21(19,20)16(2)3/h5-6H,4,7-10H2,1-3H3,(H,13,14). The van der Waals surface area contributed by atoms with Crippen molar-refractivity contribution in [2.75, 3.05) is 57.0 Å². The van der Waals surface area contributed by atoms with Crippen molar-refractivity contribution in [1.82, 2.24) is 18.8 Å². The molecule has 1 aliphatic rings. The van der Waals surface area contributed by atoms with Crippen LogP contribution in [0.15, 0.2) is 12.1 Å². The molecular formula is C12H22N6O2S. The number of hydrogen-bond donors (Lipinski definition) is 1. The van der Waals surface area contributed by atoms with Crippen LogP contribution in [-0.2, 0) is 10.2 Å². The van der Waals surface area contributed by atoms with E-state index in [4.69, 9.17) is 0 Å². The van der Waals surface area contributed by atoms with Crippen LogP contribution < -0.4 is 10.2 Å². The summed E-state index contributed by atoms with van der Waals surface area (Å²) in [6.07, 6.45) is 0. The number of nitrogens with zero attached hydrogens (tertiary/aromatic N) is 5. The third kappa shape index (κ3) is 3.60. The molecule has 2 rings (SSSR count). The molecule has 1 fully saturated rings. The normalized spacial score (nSPS) is 17.2. The van der Waals surface area contributed by atoms with Crippen LogP contribution in [0.4, 0.5) is 11.6 Å². The summed E-state index contributed by atoms with van der Waals surface area (Å²) < 4.78 is 26.8. The highest BCUT2D eigenvalue weighted by molar-refractivity contribution is 7.86. The summed E-state index contributed by atoms with van der Waals surface area (Å²) in [5, 5.41) is 11.4. The molecule has 2 heterocycles. The molecule has 1 aliphatic heterocycles. The van der Waals surface area contributed by atoms with Gasteiger partial charge >= 0.3 is 0 Å². The highest BCUT2D eigenvalue weighted by atomic mass is 32.2. The van der Waals surface area contributed by atoms with Crippen molar-refractivity contribution in [1.29, 1.82) is 0 Å². The molecule has 1 N–H and O–H groups in total. The van der Waals surface area contributed by atoms with Crippen LogP contribution in [-0.4, -0.2) is 74.0 Å². The Balaban J connectivity index is 1.98. The Morgan fingerprint density at radius 2 is 1.86 bits per heavy atom. The summed E-state index contributed by atoms with van der Waals surface area (Å²) in [5.41, 5.74) is 0. The summed E-state index contributed by atoms with van der Waals surface area (Å²) in [4.78, 5) is 2.05. The molecule has 0 spiro atoms. The second kappa shape index (κ2) is 6.54. The molecular weight excluding hydrogens is 292 g/mol. The first-order valence-electron chi connectivity index (χ1n) is 6.95. The predicted octanol–water partition coefficient (Wildman–Crippen LogP) is -0.163. The van der Waals surface area contributed by atoms with E-state index in [-0.39, 0.29) is 0 Å². The largest absolute Gasteiger partial charge is 0.369 e. The zero-order valence-corrected chi connectivity index (χ0v) is 13.5. The lowest BCUT2D eigenvalue weighted by molar-refractivity contribution is 0.354. The molecule has 9 heteroatoms. The van der Waals surface area contributed by atoms with Gasteiger partial charge in [-0.05, 0) is 19.1 Å². The van der Waals surface area contributed by atoms with E-state index in [1.54, 1.807) is 14.1 Å². The smallest absolute Gasteiger partial charge is 0.281 e. The van der Waals surface area contributed by atoms with Gasteiger partial charge in [-0.15, -0.1) is 10.2 Å². The van der Waals surface area contributed by atoms with E-state index in [0.29, 0.717) is 26.2 Å². The molecule has 0 aliphatic carbocycles. The molecule has 8 nitrogen and oxygen atoms in total. The van der Waals surface area contributed by atoms with Gasteiger partial charge in [-0.1, -0.05) is 0 Å². The topological polar surface area (TPSA) is 81.7 Å². The van der Waals surface area contributed by atoms with Crippen LogP contribution in [0.1, 0.15) is 6.92 Å². The Bertz CT molecular complexity index is 552. The minimum Gasteiger partial charge on any atom is -0.369 e. The van der Waals surface area contributed by atoms with Crippen molar-refractivity contribution in [3.05, 3.63) is 12.1 Å². The van der Waals surface area contributed by atoms with Gasteiger partial charge in [-0.25, -0.2) is 0 Å². The van der Waals surface area contributed by atoms with Gasteiger partial charge < -0.3 is 10.2 Å². The van der Waals surface area contributed by atoms with Gasteiger partial charge in [0.05, 0.1) is 0 Å². The van der Waals surface area contributed by atoms with Crippen molar-refractivity contribution in [2.24, 2.45) is 0 Å². The Morgan fingerprint density at radius 3 is 2.33 bits per heavy atom. The molecule has 0 unspecified atom stereocenters. The summed E-state index contributed by atoms with van der Waals surface area (Å²) >= 11 is 0. The fraction of sp³-hybridized carbons (Fsp3) is 0.667. The third-order valence-electron chi connectivity index (χ3n) is 3.36. The van der Waals surface area contributed by atoms with E-state index >= 15 is 0 Å². The molecule has 0 saturated carbocycles. The van der Waals surface area contributed by atoms with Gasteiger partial charge in [-0.3, -0.25) is 0 Å². The van der Waals surface area contributed by atoms with Crippen LogP contribution in [0.2, 0.25) is 0 Å². The lowest BCUT2D eigenvalue weighted by Gasteiger charge is -2.35. The van der Waals surface area contributed by atoms with E-state index in [0.717, 1.165) is 18.2 Å². The highest BCUT2D eigenvalue weighted by Crippen LogP contribution is 2.16. The second-order valence-corrected chi connectivity index (χ2v) is 7.13. The Hall–Kier alpha value is -1.45. The minimum atomic E-state index is -3.33.